The Morgan fingerprint density at radius 2 is 1.86 bits per heavy atom. The summed E-state index contributed by atoms with van der Waals surface area (Å²) in [7, 11) is 0. The third-order valence-electron chi connectivity index (χ3n) is 6.72. The SMILES string of the molecule is O=C1/C(=C/c2cc(Br)cc3c2OCOC3)Oc2c1ccc1c2CN(CCCN2CCOCC2)CO1. The second kappa shape index (κ2) is 9.91. The van der Waals surface area contributed by atoms with Gasteiger partial charge in [-0.05, 0) is 43.3 Å². The molecule has 0 bridgehead atoms. The average Bonchev–Trinajstić information content (AvgIpc) is 3.20. The van der Waals surface area contributed by atoms with Gasteiger partial charge in [0.15, 0.2) is 12.6 Å². The van der Waals surface area contributed by atoms with E-state index in [4.69, 9.17) is 23.7 Å². The number of benzene rings is 2. The number of carbonyl (C=O) groups excluding carboxylic acids is 1. The molecule has 4 aliphatic heterocycles. The zero-order valence-electron chi connectivity index (χ0n) is 19.4. The van der Waals surface area contributed by atoms with Gasteiger partial charge in [-0.3, -0.25) is 14.6 Å². The molecule has 0 spiro atoms. The van der Waals surface area contributed by atoms with Crippen molar-refractivity contribution < 1.29 is 28.5 Å². The molecule has 0 atom stereocenters. The van der Waals surface area contributed by atoms with Crippen molar-refractivity contribution in [2.45, 2.75) is 19.6 Å². The summed E-state index contributed by atoms with van der Waals surface area (Å²) in [6.07, 6.45) is 2.81. The van der Waals surface area contributed by atoms with Crippen molar-refractivity contribution in [3.05, 3.63) is 56.8 Å². The Kier molecular flexibility index (Phi) is 6.51. The number of carbonyl (C=O) groups is 1. The van der Waals surface area contributed by atoms with Crippen LogP contribution in [0.15, 0.2) is 34.5 Å². The van der Waals surface area contributed by atoms with Crippen molar-refractivity contribution in [3.8, 4) is 17.2 Å². The van der Waals surface area contributed by atoms with E-state index in [0.717, 1.165) is 78.5 Å². The first-order valence-electron chi connectivity index (χ1n) is 11.9. The Hall–Kier alpha value is -2.43. The molecule has 0 amide bonds. The van der Waals surface area contributed by atoms with Gasteiger partial charge in [0.2, 0.25) is 5.78 Å². The van der Waals surface area contributed by atoms with Crippen molar-refractivity contribution in [1.82, 2.24) is 9.80 Å². The summed E-state index contributed by atoms with van der Waals surface area (Å²) in [4.78, 5) is 17.9. The first-order chi connectivity index (χ1) is 17.2. The average molecular weight is 543 g/mol. The highest BCUT2D eigenvalue weighted by molar-refractivity contribution is 9.10. The fourth-order valence-corrected chi connectivity index (χ4v) is 5.47. The maximum atomic E-state index is 13.2. The first-order valence-corrected chi connectivity index (χ1v) is 12.7. The standard InChI is InChI=1S/C26H27BrN2O6/c27-19-10-17(25-18(11-19)14-32-16-34-25)12-23-24(30)20-2-3-22-21(26(20)35-23)13-29(15-33-22)5-1-4-28-6-8-31-9-7-28/h2-3,10-12H,1,4-9,13-16H2/b23-12-. The van der Waals surface area contributed by atoms with Crippen molar-refractivity contribution in [1.29, 1.82) is 0 Å². The Labute approximate surface area is 212 Å². The molecule has 35 heavy (non-hydrogen) atoms. The zero-order chi connectivity index (χ0) is 23.8. The second-order valence-electron chi connectivity index (χ2n) is 9.09. The molecule has 6 rings (SSSR count). The van der Waals surface area contributed by atoms with Gasteiger partial charge in [-0.25, -0.2) is 0 Å². The number of fused-ring (bicyclic) bond motifs is 4. The van der Waals surface area contributed by atoms with Crippen LogP contribution in [0.25, 0.3) is 6.08 Å². The highest BCUT2D eigenvalue weighted by Gasteiger charge is 2.34. The molecule has 0 aromatic heterocycles. The third-order valence-corrected chi connectivity index (χ3v) is 7.18. The number of ketones is 1. The quantitative estimate of drug-likeness (QED) is 0.528. The van der Waals surface area contributed by atoms with Gasteiger partial charge in [-0.15, -0.1) is 0 Å². The van der Waals surface area contributed by atoms with Gasteiger partial charge in [0.05, 0.1) is 30.9 Å². The molecule has 2 aromatic carbocycles. The van der Waals surface area contributed by atoms with E-state index in [1.54, 1.807) is 12.1 Å². The minimum Gasteiger partial charge on any atom is -0.478 e. The predicted molar refractivity (Wildman–Crippen MR) is 132 cm³/mol. The number of nitrogens with zero attached hydrogens (tertiary/aromatic N) is 2. The van der Waals surface area contributed by atoms with Crippen molar-refractivity contribution in [3.63, 3.8) is 0 Å². The Balaban J connectivity index is 1.20. The number of halogens is 1. The number of hydrogen-bond donors (Lipinski definition) is 0. The lowest BCUT2D eigenvalue weighted by molar-refractivity contribution is -0.0165. The van der Waals surface area contributed by atoms with E-state index in [2.05, 4.69) is 25.7 Å². The van der Waals surface area contributed by atoms with Crippen LogP contribution in [0, 0.1) is 0 Å². The van der Waals surface area contributed by atoms with Crippen LogP contribution in [-0.4, -0.2) is 68.5 Å². The largest absolute Gasteiger partial charge is 0.478 e. The van der Waals surface area contributed by atoms with Gasteiger partial charge in [-0.2, -0.15) is 0 Å². The number of hydrogen-bond acceptors (Lipinski definition) is 8. The fraction of sp³-hybridized carbons (Fsp3) is 0.423. The maximum absolute atomic E-state index is 13.2. The normalized spacial score (nSPS) is 21.1. The minimum absolute atomic E-state index is 0.131. The highest BCUT2D eigenvalue weighted by Crippen LogP contribution is 2.43. The lowest BCUT2D eigenvalue weighted by atomic mass is 10.0. The summed E-state index contributed by atoms with van der Waals surface area (Å²) in [6.45, 7) is 7.47. The molecule has 0 radical (unpaired) electrons. The Morgan fingerprint density at radius 3 is 2.74 bits per heavy atom. The molecule has 1 saturated heterocycles. The molecule has 0 aliphatic carbocycles. The summed E-state index contributed by atoms with van der Waals surface area (Å²) < 4.78 is 29.6. The van der Waals surface area contributed by atoms with Crippen LogP contribution in [0.4, 0.5) is 0 Å². The van der Waals surface area contributed by atoms with E-state index in [1.807, 2.05) is 18.2 Å². The van der Waals surface area contributed by atoms with E-state index in [9.17, 15) is 4.79 Å². The van der Waals surface area contributed by atoms with Gasteiger partial charge in [0.1, 0.15) is 24.0 Å². The Morgan fingerprint density at radius 1 is 1.00 bits per heavy atom. The van der Waals surface area contributed by atoms with Crippen LogP contribution in [0.5, 0.6) is 17.2 Å². The van der Waals surface area contributed by atoms with Crippen molar-refractivity contribution in [2.75, 3.05) is 52.9 Å². The van der Waals surface area contributed by atoms with E-state index >= 15 is 0 Å². The number of allylic oxidation sites excluding steroid dienone is 1. The third kappa shape index (κ3) is 4.71. The summed E-state index contributed by atoms with van der Waals surface area (Å²) in [5.74, 6) is 2.25. The van der Waals surface area contributed by atoms with Crippen molar-refractivity contribution >= 4 is 27.8 Å². The Bertz CT molecular complexity index is 1180. The zero-order valence-corrected chi connectivity index (χ0v) is 21.0. The molecule has 8 nitrogen and oxygen atoms in total. The maximum Gasteiger partial charge on any atom is 0.231 e. The molecular formula is C26H27BrN2O6. The molecule has 184 valence electrons. The lowest BCUT2D eigenvalue weighted by Gasteiger charge is -2.31. The summed E-state index contributed by atoms with van der Waals surface area (Å²) >= 11 is 3.54. The van der Waals surface area contributed by atoms with Gasteiger partial charge in [0.25, 0.3) is 0 Å². The summed E-state index contributed by atoms with van der Waals surface area (Å²) in [5, 5.41) is 0. The molecule has 0 saturated carbocycles. The first kappa shape index (κ1) is 23.0. The van der Waals surface area contributed by atoms with Crippen LogP contribution in [0.1, 0.15) is 33.5 Å². The molecular weight excluding hydrogens is 516 g/mol. The molecule has 4 heterocycles. The highest BCUT2D eigenvalue weighted by atomic mass is 79.9. The predicted octanol–water partition coefficient (Wildman–Crippen LogP) is 3.81. The number of morpholine rings is 1. The molecule has 9 heteroatoms. The minimum atomic E-state index is -0.131. The summed E-state index contributed by atoms with van der Waals surface area (Å²) in [5.41, 5.74) is 3.21. The fourth-order valence-electron chi connectivity index (χ4n) is 4.95. The van der Waals surface area contributed by atoms with Crippen LogP contribution in [0.2, 0.25) is 0 Å². The van der Waals surface area contributed by atoms with Crippen LogP contribution < -0.4 is 14.2 Å². The molecule has 4 aliphatic rings. The summed E-state index contributed by atoms with van der Waals surface area (Å²) in [6, 6.07) is 7.56. The van der Waals surface area contributed by atoms with Gasteiger partial charge in [0, 0.05) is 41.8 Å². The van der Waals surface area contributed by atoms with Crippen LogP contribution >= 0.6 is 15.9 Å². The topological polar surface area (TPSA) is 69.7 Å². The van der Waals surface area contributed by atoms with Crippen LogP contribution in [-0.2, 0) is 22.6 Å². The smallest absolute Gasteiger partial charge is 0.231 e. The van der Waals surface area contributed by atoms with Crippen LogP contribution in [0.3, 0.4) is 0 Å². The number of Topliss-reactive ketones (excluding diaryl/α,β-unsaturated/α-hetero) is 1. The van der Waals surface area contributed by atoms with E-state index in [-0.39, 0.29) is 18.3 Å². The van der Waals surface area contributed by atoms with Crippen molar-refractivity contribution in [2.24, 2.45) is 0 Å². The second-order valence-corrected chi connectivity index (χ2v) is 10.0. The lowest BCUT2D eigenvalue weighted by Crippen LogP contribution is -2.39. The van der Waals surface area contributed by atoms with Gasteiger partial charge < -0.3 is 23.7 Å². The van der Waals surface area contributed by atoms with E-state index in [0.29, 0.717) is 31.2 Å². The van der Waals surface area contributed by atoms with Gasteiger partial charge in [-0.1, -0.05) is 15.9 Å². The van der Waals surface area contributed by atoms with Gasteiger partial charge >= 0.3 is 0 Å². The van der Waals surface area contributed by atoms with E-state index in [1.165, 1.54) is 0 Å². The molecule has 1 fully saturated rings. The number of rotatable bonds is 5. The monoisotopic (exact) mass is 542 g/mol. The molecule has 0 N–H and O–H groups in total. The molecule has 2 aromatic rings. The number of ether oxygens (including phenoxy) is 5. The molecule has 0 unspecified atom stereocenters. The van der Waals surface area contributed by atoms with E-state index < -0.39 is 0 Å².